The van der Waals surface area contributed by atoms with Gasteiger partial charge in [0.15, 0.2) is 0 Å². The fourth-order valence-corrected chi connectivity index (χ4v) is 2.60. The number of nitrogens with zero attached hydrogens (tertiary/aromatic N) is 1. The third-order valence-corrected chi connectivity index (χ3v) is 3.84. The summed E-state index contributed by atoms with van der Waals surface area (Å²) >= 11 is 0. The van der Waals surface area contributed by atoms with Gasteiger partial charge in [-0.25, -0.2) is 0 Å². The Kier molecular flexibility index (Phi) is 4.85. The van der Waals surface area contributed by atoms with Crippen LogP contribution in [0.1, 0.15) is 19.1 Å². The molecule has 0 aliphatic carbocycles. The lowest BCUT2D eigenvalue weighted by Gasteiger charge is -2.07. The SMILES string of the molecule is CCCOc1ccc(-c2c(-c3ccc(OC)cc3)noc2C)cc1. The Bertz CT molecular complexity index is 789. The predicted octanol–water partition coefficient (Wildman–Crippen LogP) is 5.11. The highest BCUT2D eigenvalue weighted by Crippen LogP contribution is 2.35. The van der Waals surface area contributed by atoms with Gasteiger partial charge in [0.1, 0.15) is 23.0 Å². The molecule has 2 aromatic carbocycles. The van der Waals surface area contributed by atoms with Crippen molar-refractivity contribution in [1.29, 1.82) is 0 Å². The molecule has 0 aliphatic rings. The molecule has 0 amide bonds. The van der Waals surface area contributed by atoms with Crippen LogP contribution in [0.25, 0.3) is 22.4 Å². The number of benzene rings is 2. The summed E-state index contributed by atoms with van der Waals surface area (Å²) < 4.78 is 16.3. The Balaban J connectivity index is 1.94. The van der Waals surface area contributed by atoms with E-state index < -0.39 is 0 Å². The highest BCUT2D eigenvalue weighted by atomic mass is 16.5. The standard InChI is InChI=1S/C20H21NO3/c1-4-13-23-18-11-5-15(6-12-18)19-14(2)24-21-20(19)16-7-9-17(22-3)10-8-16/h5-12H,4,13H2,1-3H3. The fraction of sp³-hybridized carbons (Fsp3) is 0.250. The third kappa shape index (κ3) is 3.27. The van der Waals surface area contributed by atoms with E-state index >= 15 is 0 Å². The zero-order valence-electron chi connectivity index (χ0n) is 14.2. The summed E-state index contributed by atoms with van der Waals surface area (Å²) in [4.78, 5) is 0. The maximum Gasteiger partial charge on any atom is 0.142 e. The molecular formula is C20H21NO3. The number of methoxy groups -OCH3 is 1. The molecule has 0 N–H and O–H groups in total. The van der Waals surface area contributed by atoms with Crippen LogP contribution in [0.3, 0.4) is 0 Å². The summed E-state index contributed by atoms with van der Waals surface area (Å²) in [5.41, 5.74) is 3.89. The highest BCUT2D eigenvalue weighted by Gasteiger charge is 2.16. The van der Waals surface area contributed by atoms with Gasteiger partial charge in [-0.05, 0) is 55.3 Å². The highest BCUT2D eigenvalue weighted by molar-refractivity contribution is 5.82. The number of aryl methyl sites for hydroxylation is 1. The van der Waals surface area contributed by atoms with Crippen LogP contribution in [0.4, 0.5) is 0 Å². The van der Waals surface area contributed by atoms with Gasteiger partial charge in [0.2, 0.25) is 0 Å². The second-order valence-electron chi connectivity index (χ2n) is 5.56. The van der Waals surface area contributed by atoms with Crippen LogP contribution in [-0.2, 0) is 0 Å². The van der Waals surface area contributed by atoms with E-state index in [9.17, 15) is 0 Å². The van der Waals surface area contributed by atoms with E-state index in [1.807, 2.05) is 55.5 Å². The van der Waals surface area contributed by atoms with Gasteiger partial charge in [0, 0.05) is 5.56 Å². The summed E-state index contributed by atoms with van der Waals surface area (Å²) in [6.45, 7) is 4.75. The number of ether oxygens (including phenoxy) is 2. The molecule has 124 valence electrons. The van der Waals surface area contributed by atoms with Gasteiger partial charge >= 0.3 is 0 Å². The summed E-state index contributed by atoms with van der Waals surface area (Å²) in [5.74, 6) is 2.49. The van der Waals surface area contributed by atoms with E-state index in [0.717, 1.165) is 52.7 Å². The molecule has 0 fully saturated rings. The second kappa shape index (κ2) is 7.21. The molecular weight excluding hydrogens is 302 g/mol. The third-order valence-electron chi connectivity index (χ3n) is 3.84. The van der Waals surface area contributed by atoms with E-state index in [1.54, 1.807) is 7.11 Å². The van der Waals surface area contributed by atoms with Crippen molar-refractivity contribution >= 4 is 0 Å². The fourth-order valence-electron chi connectivity index (χ4n) is 2.60. The van der Waals surface area contributed by atoms with Crippen molar-refractivity contribution in [2.24, 2.45) is 0 Å². The zero-order valence-corrected chi connectivity index (χ0v) is 14.2. The molecule has 1 heterocycles. The first-order valence-electron chi connectivity index (χ1n) is 8.07. The summed E-state index contributed by atoms with van der Waals surface area (Å²) in [7, 11) is 1.66. The monoisotopic (exact) mass is 323 g/mol. The van der Waals surface area contributed by atoms with Crippen LogP contribution in [-0.4, -0.2) is 18.9 Å². The molecule has 0 atom stereocenters. The lowest BCUT2D eigenvalue weighted by Crippen LogP contribution is -1.94. The summed E-state index contributed by atoms with van der Waals surface area (Å²) in [6.07, 6.45) is 0.994. The first-order chi connectivity index (χ1) is 11.7. The smallest absolute Gasteiger partial charge is 0.142 e. The van der Waals surface area contributed by atoms with Crippen molar-refractivity contribution in [3.05, 3.63) is 54.3 Å². The zero-order chi connectivity index (χ0) is 16.9. The Morgan fingerprint density at radius 1 is 0.917 bits per heavy atom. The topological polar surface area (TPSA) is 44.5 Å². The second-order valence-corrected chi connectivity index (χ2v) is 5.56. The van der Waals surface area contributed by atoms with Gasteiger partial charge in [-0.2, -0.15) is 0 Å². The summed E-state index contributed by atoms with van der Waals surface area (Å²) in [5, 5.41) is 4.24. The van der Waals surface area contributed by atoms with Crippen LogP contribution in [0.5, 0.6) is 11.5 Å². The van der Waals surface area contributed by atoms with E-state index in [4.69, 9.17) is 14.0 Å². The largest absolute Gasteiger partial charge is 0.497 e. The van der Waals surface area contributed by atoms with Gasteiger partial charge < -0.3 is 14.0 Å². The van der Waals surface area contributed by atoms with Crippen molar-refractivity contribution in [3.63, 3.8) is 0 Å². The van der Waals surface area contributed by atoms with Crippen molar-refractivity contribution in [2.75, 3.05) is 13.7 Å². The molecule has 0 saturated heterocycles. The molecule has 3 rings (SSSR count). The first-order valence-corrected chi connectivity index (χ1v) is 8.07. The molecule has 0 aliphatic heterocycles. The van der Waals surface area contributed by atoms with Crippen LogP contribution in [0, 0.1) is 6.92 Å². The molecule has 4 nitrogen and oxygen atoms in total. The van der Waals surface area contributed by atoms with Crippen LogP contribution >= 0.6 is 0 Å². The molecule has 0 bridgehead atoms. The van der Waals surface area contributed by atoms with Crippen molar-refractivity contribution < 1.29 is 14.0 Å². The van der Waals surface area contributed by atoms with Crippen LogP contribution in [0.15, 0.2) is 53.1 Å². The molecule has 0 radical (unpaired) electrons. The van der Waals surface area contributed by atoms with E-state index in [-0.39, 0.29) is 0 Å². The minimum atomic E-state index is 0.725. The van der Waals surface area contributed by atoms with E-state index in [1.165, 1.54) is 0 Å². The van der Waals surface area contributed by atoms with Crippen molar-refractivity contribution in [1.82, 2.24) is 5.16 Å². The van der Waals surface area contributed by atoms with Gasteiger partial charge in [0.25, 0.3) is 0 Å². The first kappa shape index (κ1) is 16.1. The van der Waals surface area contributed by atoms with Gasteiger partial charge in [-0.1, -0.05) is 24.2 Å². The quantitative estimate of drug-likeness (QED) is 0.632. The lowest BCUT2D eigenvalue weighted by atomic mass is 9.99. The minimum absolute atomic E-state index is 0.725. The number of hydrogen-bond acceptors (Lipinski definition) is 4. The number of hydrogen-bond donors (Lipinski definition) is 0. The van der Waals surface area contributed by atoms with Crippen LogP contribution < -0.4 is 9.47 Å². The predicted molar refractivity (Wildman–Crippen MR) is 94.5 cm³/mol. The Morgan fingerprint density at radius 3 is 2.17 bits per heavy atom. The van der Waals surface area contributed by atoms with Crippen molar-refractivity contribution in [3.8, 4) is 33.9 Å². The average molecular weight is 323 g/mol. The molecule has 4 heteroatoms. The molecule has 0 saturated carbocycles. The maximum absolute atomic E-state index is 5.65. The Hall–Kier alpha value is -2.75. The number of rotatable bonds is 6. The average Bonchev–Trinajstić information content (AvgIpc) is 3.02. The molecule has 1 aromatic heterocycles. The van der Waals surface area contributed by atoms with Gasteiger partial charge in [-0.15, -0.1) is 0 Å². The Labute approximate surface area is 142 Å². The molecule has 0 unspecified atom stereocenters. The molecule has 3 aromatic rings. The molecule has 0 spiro atoms. The Morgan fingerprint density at radius 2 is 1.54 bits per heavy atom. The van der Waals surface area contributed by atoms with Gasteiger partial charge in [0.05, 0.1) is 19.3 Å². The van der Waals surface area contributed by atoms with E-state index in [2.05, 4.69) is 12.1 Å². The lowest BCUT2D eigenvalue weighted by molar-refractivity contribution is 0.317. The molecule has 24 heavy (non-hydrogen) atoms. The van der Waals surface area contributed by atoms with Gasteiger partial charge in [-0.3, -0.25) is 0 Å². The number of aromatic nitrogens is 1. The normalized spacial score (nSPS) is 10.6. The summed E-state index contributed by atoms with van der Waals surface area (Å²) in [6, 6.07) is 15.9. The maximum atomic E-state index is 5.65. The van der Waals surface area contributed by atoms with E-state index in [0.29, 0.717) is 0 Å². The minimum Gasteiger partial charge on any atom is -0.497 e. The van der Waals surface area contributed by atoms with Crippen molar-refractivity contribution in [2.45, 2.75) is 20.3 Å². The van der Waals surface area contributed by atoms with Crippen LogP contribution in [0.2, 0.25) is 0 Å².